The number of aromatic nitrogens is 1. The van der Waals surface area contributed by atoms with Gasteiger partial charge in [0.15, 0.2) is 5.13 Å². The Hall–Kier alpha value is -1.79. The molecule has 16 heavy (non-hydrogen) atoms. The van der Waals surface area contributed by atoms with Crippen molar-refractivity contribution in [1.82, 2.24) is 4.98 Å². The van der Waals surface area contributed by atoms with Crippen LogP contribution in [0.4, 0.5) is 5.13 Å². The number of rotatable bonds is 4. The number of oxime groups is 1. The van der Waals surface area contributed by atoms with Gasteiger partial charge in [0.05, 0.1) is 0 Å². The number of nitrogen functional groups attached to an aromatic ring is 1. The molecule has 0 aliphatic heterocycles. The van der Waals surface area contributed by atoms with Crippen LogP contribution in [0.2, 0.25) is 0 Å². The van der Waals surface area contributed by atoms with Crippen LogP contribution in [-0.4, -0.2) is 28.9 Å². The molecular weight excluding hydrogens is 252 g/mol. The van der Waals surface area contributed by atoms with E-state index in [9.17, 15) is 4.79 Å². The third-order valence-electron chi connectivity index (χ3n) is 1.36. The zero-order valence-corrected chi connectivity index (χ0v) is 9.63. The monoisotopic (exact) mass is 258 g/mol. The Morgan fingerprint density at radius 3 is 3.00 bits per heavy atom. The normalized spacial score (nSPS) is 10.9. The van der Waals surface area contributed by atoms with E-state index in [1.54, 1.807) is 0 Å². The van der Waals surface area contributed by atoms with Gasteiger partial charge in [0.2, 0.25) is 5.71 Å². The van der Waals surface area contributed by atoms with Crippen LogP contribution >= 0.6 is 23.1 Å². The van der Waals surface area contributed by atoms with Gasteiger partial charge in [-0.25, -0.2) is 9.78 Å². The van der Waals surface area contributed by atoms with Gasteiger partial charge in [-0.15, -0.1) is 0 Å². The van der Waals surface area contributed by atoms with Crippen molar-refractivity contribution in [1.29, 1.82) is 5.26 Å². The van der Waals surface area contributed by atoms with Gasteiger partial charge in [-0.05, 0) is 0 Å². The Labute approximate surface area is 98.5 Å². The molecule has 0 amide bonds. The molecule has 1 aromatic rings. The zero-order chi connectivity index (χ0) is 12.1. The molecule has 0 bridgehead atoms. The lowest BCUT2D eigenvalue weighted by molar-refractivity contribution is -0.129. The minimum absolute atomic E-state index is 0.0448. The summed E-state index contributed by atoms with van der Waals surface area (Å²) >= 11 is 1.79. The highest BCUT2D eigenvalue weighted by Gasteiger charge is 2.22. The van der Waals surface area contributed by atoms with Crippen LogP contribution in [-0.2, 0) is 9.63 Å². The first-order chi connectivity index (χ1) is 7.60. The molecule has 3 N–H and O–H groups in total. The number of carboxylic acids is 1. The van der Waals surface area contributed by atoms with E-state index in [0.717, 1.165) is 23.1 Å². The molecule has 0 aliphatic carbocycles. The van der Waals surface area contributed by atoms with Crippen molar-refractivity contribution in [2.24, 2.45) is 5.16 Å². The lowest BCUT2D eigenvalue weighted by Crippen LogP contribution is -2.16. The molecule has 1 rings (SSSR count). The summed E-state index contributed by atoms with van der Waals surface area (Å²) in [6.07, 6.45) is 0. The van der Waals surface area contributed by atoms with Crippen LogP contribution in [0.3, 0.4) is 0 Å². The molecular formula is C7H6N4O3S2. The maximum atomic E-state index is 10.9. The molecule has 1 aromatic heterocycles. The molecule has 0 atom stereocenters. The van der Waals surface area contributed by atoms with E-state index in [2.05, 4.69) is 15.0 Å². The summed E-state index contributed by atoms with van der Waals surface area (Å²) in [5, 5.41) is 22.7. The third-order valence-corrected chi connectivity index (χ3v) is 3.01. The highest BCUT2D eigenvalue weighted by Crippen LogP contribution is 2.30. The van der Waals surface area contributed by atoms with Crippen molar-refractivity contribution in [2.45, 2.75) is 4.21 Å². The summed E-state index contributed by atoms with van der Waals surface area (Å²) in [5.74, 6) is -1.30. The van der Waals surface area contributed by atoms with Crippen LogP contribution in [0, 0.1) is 10.7 Å². The fourth-order valence-electron chi connectivity index (χ4n) is 0.857. The molecule has 0 aliphatic rings. The molecule has 0 unspecified atom stereocenters. The Kier molecular flexibility index (Phi) is 4.10. The van der Waals surface area contributed by atoms with Crippen molar-refractivity contribution in [3.8, 4) is 5.40 Å². The molecule has 7 nitrogen and oxygen atoms in total. The first-order valence-electron chi connectivity index (χ1n) is 3.77. The maximum Gasteiger partial charge on any atom is 0.360 e. The van der Waals surface area contributed by atoms with E-state index in [1.807, 2.05) is 5.40 Å². The van der Waals surface area contributed by atoms with Gasteiger partial charge in [-0.1, -0.05) is 16.5 Å². The second kappa shape index (κ2) is 5.34. The number of nitrogens with two attached hydrogens (primary N) is 1. The Balaban J connectivity index is 3.24. The summed E-state index contributed by atoms with van der Waals surface area (Å²) < 4.78 is 0.373. The second-order valence-corrected chi connectivity index (χ2v) is 4.39. The number of nitriles is 1. The first-order valence-corrected chi connectivity index (χ1v) is 5.40. The molecule has 0 radical (unpaired) electrons. The molecule has 0 fully saturated rings. The summed E-state index contributed by atoms with van der Waals surface area (Å²) in [7, 11) is 1.22. The van der Waals surface area contributed by atoms with Gasteiger partial charge in [0, 0.05) is 11.8 Å². The molecule has 0 saturated carbocycles. The van der Waals surface area contributed by atoms with Crippen molar-refractivity contribution < 1.29 is 14.7 Å². The van der Waals surface area contributed by atoms with E-state index in [4.69, 9.17) is 16.1 Å². The molecule has 84 valence electrons. The number of aliphatic carboxylic acids is 1. The summed E-state index contributed by atoms with van der Waals surface area (Å²) in [6, 6.07) is 0. The van der Waals surface area contributed by atoms with Crippen molar-refractivity contribution >= 4 is 39.9 Å². The van der Waals surface area contributed by atoms with Gasteiger partial charge in [-0.3, -0.25) is 0 Å². The van der Waals surface area contributed by atoms with Crippen LogP contribution in [0.15, 0.2) is 9.36 Å². The second-order valence-electron chi connectivity index (χ2n) is 2.31. The fourth-order valence-corrected chi connectivity index (χ4v) is 2.28. The average molecular weight is 258 g/mol. The summed E-state index contributed by atoms with van der Waals surface area (Å²) in [4.78, 5) is 19.1. The number of nitrogens with zero attached hydrogens (tertiary/aromatic N) is 3. The predicted molar refractivity (Wildman–Crippen MR) is 59.2 cm³/mol. The van der Waals surface area contributed by atoms with Gasteiger partial charge in [0.25, 0.3) is 0 Å². The number of carboxylic acid groups (broad SMARTS) is 1. The Morgan fingerprint density at radius 1 is 1.81 bits per heavy atom. The topological polar surface area (TPSA) is 122 Å². The number of hydrogen-bond donors (Lipinski definition) is 2. The quantitative estimate of drug-likeness (QED) is 0.353. The van der Waals surface area contributed by atoms with Gasteiger partial charge >= 0.3 is 5.97 Å². The number of carbonyl (C=O) groups is 1. The average Bonchev–Trinajstić information content (AvgIpc) is 2.56. The molecule has 0 saturated heterocycles. The van der Waals surface area contributed by atoms with Crippen LogP contribution < -0.4 is 5.73 Å². The van der Waals surface area contributed by atoms with E-state index in [1.165, 1.54) is 7.11 Å². The Bertz CT molecular complexity index is 476. The largest absolute Gasteiger partial charge is 0.476 e. The van der Waals surface area contributed by atoms with Gasteiger partial charge < -0.3 is 15.7 Å². The minimum atomic E-state index is -1.30. The smallest absolute Gasteiger partial charge is 0.360 e. The van der Waals surface area contributed by atoms with E-state index < -0.39 is 5.97 Å². The van der Waals surface area contributed by atoms with Crippen molar-refractivity contribution in [3.05, 3.63) is 5.69 Å². The van der Waals surface area contributed by atoms with Crippen molar-refractivity contribution in [3.63, 3.8) is 0 Å². The fraction of sp³-hybridized carbons (Fsp3) is 0.143. The van der Waals surface area contributed by atoms with E-state index in [0.29, 0.717) is 4.21 Å². The lowest BCUT2D eigenvalue weighted by atomic mass is 10.3. The maximum absolute atomic E-state index is 10.9. The molecule has 0 spiro atoms. The first kappa shape index (κ1) is 12.3. The molecule has 0 aromatic carbocycles. The number of thiazole rings is 1. The standard InChI is InChI=1S/C7H6N4O3S2/c1-14-11-3(5(12)13)4-6(15-2-8)16-7(9)10-4/h1H3,(H2,9,10)(H,12,13)/b11-3-. The number of anilines is 1. The van der Waals surface area contributed by atoms with Crippen LogP contribution in [0.1, 0.15) is 5.69 Å². The highest BCUT2D eigenvalue weighted by atomic mass is 32.2. The number of thiocyanates is 1. The summed E-state index contributed by atoms with van der Waals surface area (Å²) in [6.45, 7) is 0. The molecule has 9 heteroatoms. The number of hydrogen-bond acceptors (Lipinski definition) is 8. The highest BCUT2D eigenvalue weighted by molar-refractivity contribution is 8.05. The predicted octanol–water partition coefficient (Wildman–Crippen LogP) is 0.734. The van der Waals surface area contributed by atoms with E-state index in [-0.39, 0.29) is 16.5 Å². The Morgan fingerprint density at radius 2 is 2.50 bits per heavy atom. The van der Waals surface area contributed by atoms with Crippen LogP contribution in [0.5, 0.6) is 0 Å². The zero-order valence-electron chi connectivity index (χ0n) is 8.00. The van der Waals surface area contributed by atoms with E-state index >= 15 is 0 Å². The SMILES string of the molecule is CO/N=C(\C(=O)O)c1nc(N)sc1SC#N. The number of thioether (sulfide) groups is 1. The summed E-state index contributed by atoms with van der Waals surface area (Å²) in [5.41, 5.74) is 5.10. The van der Waals surface area contributed by atoms with Crippen LogP contribution in [0.25, 0.3) is 0 Å². The lowest BCUT2D eigenvalue weighted by Gasteiger charge is -1.97. The minimum Gasteiger partial charge on any atom is -0.476 e. The third kappa shape index (κ3) is 2.62. The molecule has 1 heterocycles. The van der Waals surface area contributed by atoms with Gasteiger partial charge in [-0.2, -0.15) is 5.26 Å². The van der Waals surface area contributed by atoms with Gasteiger partial charge in [0.1, 0.15) is 22.4 Å². The van der Waals surface area contributed by atoms with Crippen molar-refractivity contribution in [2.75, 3.05) is 12.8 Å².